The molecule has 0 radical (unpaired) electrons. The van der Waals surface area contributed by atoms with Gasteiger partial charge in [-0.05, 0) is 24.5 Å². The van der Waals surface area contributed by atoms with Crippen LogP contribution in [0.2, 0.25) is 0 Å². The Morgan fingerprint density at radius 3 is 2.71 bits per heavy atom. The lowest BCUT2D eigenvalue weighted by atomic mass is 10.0. The molecule has 0 heterocycles. The van der Waals surface area contributed by atoms with Gasteiger partial charge in [0.25, 0.3) is 5.69 Å². The summed E-state index contributed by atoms with van der Waals surface area (Å²) < 4.78 is 0. The first kappa shape index (κ1) is 10.5. The standard InChI is InChI=1S/C9H12N2O3/c1-6-7(4-5-12)2-3-8(9(6)10)11(13)14/h2-3,12H,4-5,10H2,1H3. The smallest absolute Gasteiger partial charge is 0.292 e. The van der Waals surface area contributed by atoms with Crippen LogP contribution in [0.1, 0.15) is 11.1 Å². The van der Waals surface area contributed by atoms with Crippen molar-refractivity contribution in [2.45, 2.75) is 13.3 Å². The van der Waals surface area contributed by atoms with Crippen LogP contribution < -0.4 is 5.73 Å². The van der Waals surface area contributed by atoms with E-state index in [1.54, 1.807) is 13.0 Å². The normalized spacial score (nSPS) is 10.1. The largest absolute Gasteiger partial charge is 0.396 e. The van der Waals surface area contributed by atoms with E-state index in [1.807, 2.05) is 0 Å². The minimum Gasteiger partial charge on any atom is -0.396 e. The Morgan fingerprint density at radius 2 is 2.21 bits per heavy atom. The van der Waals surface area contributed by atoms with E-state index in [0.29, 0.717) is 12.0 Å². The van der Waals surface area contributed by atoms with Crippen LogP contribution in [0.25, 0.3) is 0 Å². The molecule has 1 aromatic carbocycles. The van der Waals surface area contributed by atoms with Crippen molar-refractivity contribution in [3.05, 3.63) is 33.4 Å². The van der Waals surface area contributed by atoms with Gasteiger partial charge in [0.1, 0.15) is 5.69 Å². The molecule has 0 unspecified atom stereocenters. The Kier molecular flexibility index (Phi) is 3.03. The van der Waals surface area contributed by atoms with Gasteiger partial charge >= 0.3 is 0 Å². The lowest BCUT2D eigenvalue weighted by Crippen LogP contribution is -2.02. The third-order valence-electron chi connectivity index (χ3n) is 2.18. The number of hydrogen-bond acceptors (Lipinski definition) is 4. The van der Waals surface area contributed by atoms with E-state index < -0.39 is 4.92 Å². The van der Waals surface area contributed by atoms with Crippen molar-refractivity contribution in [1.29, 1.82) is 0 Å². The van der Waals surface area contributed by atoms with Crippen LogP contribution in [0, 0.1) is 17.0 Å². The number of nitrogens with zero attached hydrogens (tertiary/aromatic N) is 1. The molecule has 1 aromatic rings. The van der Waals surface area contributed by atoms with Gasteiger partial charge in [-0.15, -0.1) is 0 Å². The van der Waals surface area contributed by atoms with Crippen molar-refractivity contribution >= 4 is 11.4 Å². The summed E-state index contributed by atoms with van der Waals surface area (Å²) in [6.07, 6.45) is 0.466. The quantitative estimate of drug-likeness (QED) is 0.429. The molecule has 1 rings (SSSR count). The van der Waals surface area contributed by atoms with Gasteiger partial charge in [0.15, 0.2) is 0 Å². The molecule has 76 valence electrons. The highest BCUT2D eigenvalue weighted by Gasteiger charge is 2.14. The van der Waals surface area contributed by atoms with Gasteiger partial charge in [0.2, 0.25) is 0 Å². The topological polar surface area (TPSA) is 89.4 Å². The summed E-state index contributed by atoms with van der Waals surface area (Å²) in [5, 5.41) is 19.3. The van der Waals surface area contributed by atoms with Gasteiger partial charge < -0.3 is 10.8 Å². The molecule has 0 saturated heterocycles. The molecule has 3 N–H and O–H groups in total. The molecule has 0 aliphatic rings. The van der Waals surface area contributed by atoms with Gasteiger partial charge in [-0.3, -0.25) is 10.1 Å². The van der Waals surface area contributed by atoms with Crippen LogP contribution in [-0.4, -0.2) is 16.6 Å². The van der Waals surface area contributed by atoms with Crippen molar-refractivity contribution in [2.75, 3.05) is 12.3 Å². The number of rotatable bonds is 3. The number of hydrogen-bond donors (Lipinski definition) is 2. The van der Waals surface area contributed by atoms with E-state index in [1.165, 1.54) is 6.07 Å². The summed E-state index contributed by atoms with van der Waals surface area (Å²) >= 11 is 0. The lowest BCUT2D eigenvalue weighted by molar-refractivity contribution is -0.383. The Morgan fingerprint density at radius 1 is 1.57 bits per heavy atom. The fourth-order valence-corrected chi connectivity index (χ4v) is 1.31. The van der Waals surface area contributed by atoms with Gasteiger partial charge in [-0.25, -0.2) is 0 Å². The van der Waals surface area contributed by atoms with Gasteiger partial charge in [0.05, 0.1) is 4.92 Å². The number of nitro benzene ring substituents is 1. The van der Waals surface area contributed by atoms with E-state index in [0.717, 1.165) is 5.56 Å². The SMILES string of the molecule is Cc1c(CCO)ccc([N+](=O)[O-])c1N. The second-order valence-corrected chi connectivity index (χ2v) is 3.01. The number of aliphatic hydroxyl groups is 1. The Bertz CT molecular complexity index is 363. The van der Waals surface area contributed by atoms with Crippen molar-refractivity contribution < 1.29 is 10.0 Å². The molecule has 0 spiro atoms. The monoisotopic (exact) mass is 196 g/mol. The van der Waals surface area contributed by atoms with Crippen LogP contribution in [-0.2, 0) is 6.42 Å². The fourth-order valence-electron chi connectivity index (χ4n) is 1.31. The van der Waals surface area contributed by atoms with Crippen molar-refractivity contribution in [1.82, 2.24) is 0 Å². The average Bonchev–Trinajstić information content (AvgIpc) is 2.13. The highest BCUT2D eigenvalue weighted by atomic mass is 16.6. The fraction of sp³-hybridized carbons (Fsp3) is 0.333. The molecule has 0 fully saturated rings. The Labute approximate surface area is 81.3 Å². The van der Waals surface area contributed by atoms with Gasteiger partial charge in [0, 0.05) is 12.7 Å². The predicted octanol–water partition coefficient (Wildman–Crippen LogP) is 1.02. The Hall–Kier alpha value is -1.62. The molecule has 0 aromatic heterocycles. The highest BCUT2D eigenvalue weighted by Crippen LogP contribution is 2.27. The zero-order valence-corrected chi connectivity index (χ0v) is 7.86. The van der Waals surface area contributed by atoms with Crippen molar-refractivity contribution in [3.8, 4) is 0 Å². The Balaban J connectivity index is 3.19. The van der Waals surface area contributed by atoms with E-state index in [2.05, 4.69) is 0 Å². The molecule has 0 saturated carbocycles. The van der Waals surface area contributed by atoms with E-state index in [9.17, 15) is 10.1 Å². The van der Waals surface area contributed by atoms with Crippen LogP contribution in [0.4, 0.5) is 11.4 Å². The van der Waals surface area contributed by atoms with E-state index >= 15 is 0 Å². The number of nitrogens with two attached hydrogens (primary N) is 1. The maximum Gasteiger partial charge on any atom is 0.292 e. The van der Waals surface area contributed by atoms with Crippen LogP contribution >= 0.6 is 0 Å². The second-order valence-electron chi connectivity index (χ2n) is 3.01. The van der Waals surface area contributed by atoms with Crippen molar-refractivity contribution in [3.63, 3.8) is 0 Å². The number of anilines is 1. The van der Waals surface area contributed by atoms with Gasteiger partial charge in [-0.2, -0.15) is 0 Å². The molecule has 0 amide bonds. The molecule has 5 heteroatoms. The maximum atomic E-state index is 10.5. The molecular weight excluding hydrogens is 184 g/mol. The van der Waals surface area contributed by atoms with Gasteiger partial charge in [-0.1, -0.05) is 6.07 Å². The molecular formula is C9H12N2O3. The average molecular weight is 196 g/mol. The number of nitrogen functional groups attached to an aromatic ring is 1. The van der Waals surface area contributed by atoms with Crippen LogP contribution in [0.15, 0.2) is 12.1 Å². The molecule has 5 nitrogen and oxygen atoms in total. The second kappa shape index (κ2) is 4.06. The molecule has 14 heavy (non-hydrogen) atoms. The van der Waals surface area contributed by atoms with Crippen LogP contribution in [0.5, 0.6) is 0 Å². The lowest BCUT2D eigenvalue weighted by Gasteiger charge is -2.06. The first-order valence-corrected chi connectivity index (χ1v) is 4.21. The maximum absolute atomic E-state index is 10.5. The summed E-state index contributed by atoms with van der Waals surface area (Å²) in [5.41, 5.74) is 7.21. The summed E-state index contributed by atoms with van der Waals surface area (Å²) in [7, 11) is 0. The minimum absolute atomic E-state index is 0.0120. The minimum atomic E-state index is -0.509. The van der Waals surface area contributed by atoms with E-state index in [4.69, 9.17) is 10.8 Å². The molecule has 0 aliphatic heterocycles. The van der Waals surface area contributed by atoms with Crippen molar-refractivity contribution in [2.24, 2.45) is 0 Å². The molecule has 0 bridgehead atoms. The summed E-state index contributed by atoms with van der Waals surface area (Å²) in [5.74, 6) is 0. The summed E-state index contributed by atoms with van der Waals surface area (Å²) in [6, 6.07) is 2.99. The number of benzene rings is 1. The zero-order valence-electron chi connectivity index (χ0n) is 7.86. The summed E-state index contributed by atoms with van der Waals surface area (Å²) in [6.45, 7) is 1.73. The predicted molar refractivity (Wildman–Crippen MR) is 53.0 cm³/mol. The molecule has 0 aliphatic carbocycles. The third kappa shape index (κ3) is 1.82. The summed E-state index contributed by atoms with van der Waals surface area (Å²) in [4.78, 5) is 10.0. The first-order chi connectivity index (χ1) is 6.57. The first-order valence-electron chi connectivity index (χ1n) is 4.21. The number of nitro groups is 1. The van der Waals surface area contributed by atoms with Crippen LogP contribution in [0.3, 0.4) is 0 Å². The molecule has 0 atom stereocenters. The zero-order chi connectivity index (χ0) is 10.7. The highest BCUT2D eigenvalue weighted by molar-refractivity contribution is 5.64. The van der Waals surface area contributed by atoms with E-state index in [-0.39, 0.29) is 18.0 Å². The third-order valence-corrected chi connectivity index (χ3v) is 2.18. The number of aliphatic hydroxyl groups excluding tert-OH is 1.